The third kappa shape index (κ3) is 3.17. The van der Waals surface area contributed by atoms with Gasteiger partial charge in [0.1, 0.15) is 0 Å². The molecule has 0 unspecified atom stereocenters. The molecule has 1 aliphatic heterocycles. The van der Waals surface area contributed by atoms with Gasteiger partial charge in [-0.15, -0.1) is 0 Å². The van der Waals surface area contributed by atoms with E-state index in [0.717, 1.165) is 53.3 Å². The molecule has 1 saturated carbocycles. The predicted molar refractivity (Wildman–Crippen MR) is 115 cm³/mol. The Bertz CT molecular complexity index is 1230. The van der Waals surface area contributed by atoms with Gasteiger partial charge in [-0.2, -0.15) is 10.2 Å². The van der Waals surface area contributed by atoms with Gasteiger partial charge in [0.25, 0.3) is 0 Å². The Balaban J connectivity index is 1.51. The highest BCUT2D eigenvalue weighted by Crippen LogP contribution is 2.44. The van der Waals surface area contributed by atoms with Crippen LogP contribution < -0.4 is 0 Å². The average Bonchev–Trinajstić information content (AvgIpc) is 3.21. The first kappa shape index (κ1) is 18.5. The van der Waals surface area contributed by atoms with Crippen molar-refractivity contribution in [3.05, 3.63) is 53.0 Å². The topological polar surface area (TPSA) is 81.7 Å². The van der Waals surface area contributed by atoms with Crippen LogP contribution in [0.5, 0.6) is 0 Å². The Morgan fingerprint density at radius 3 is 2.77 bits per heavy atom. The van der Waals surface area contributed by atoms with E-state index in [1.807, 2.05) is 31.2 Å². The molecule has 0 atom stereocenters. The van der Waals surface area contributed by atoms with Crippen LogP contribution in [0, 0.1) is 0 Å². The molecular weight excluding hydrogens is 390 g/mol. The van der Waals surface area contributed by atoms with Crippen LogP contribution in [0.3, 0.4) is 0 Å². The molecular formula is C23H25N7O. The van der Waals surface area contributed by atoms with Gasteiger partial charge >= 0.3 is 0 Å². The van der Waals surface area contributed by atoms with Gasteiger partial charge in [0.2, 0.25) is 5.91 Å². The van der Waals surface area contributed by atoms with E-state index in [2.05, 4.69) is 17.4 Å². The lowest BCUT2D eigenvalue weighted by molar-refractivity contribution is -0.130. The van der Waals surface area contributed by atoms with Crippen molar-refractivity contribution in [2.24, 2.45) is 7.05 Å². The first-order valence-electron chi connectivity index (χ1n) is 11.0. The standard InChI is InChI=1S/C23H25N7O/c1-28-13-20-17(11-29(2)26-20)19-10-24-18-8-7-15(23(18)25-19)16-12-30(9-3-4-21(28)31)27-22(16)14-5-6-14/h7,10-12,14H,3-6,8-9,13H2,1-2H3. The van der Waals surface area contributed by atoms with Crippen LogP contribution in [-0.2, 0) is 31.4 Å². The minimum Gasteiger partial charge on any atom is -0.340 e. The summed E-state index contributed by atoms with van der Waals surface area (Å²) in [6, 6.07) is 0. The third-order valence-corrected chi connectivity index (χ3v) is 6.42. The molecule has 4 bridgehead atoms. The summed E-state index contributed by atoms with van der Waals surface area (Å²) in [5.41, 5.74) is 8.02. The molecule has 3 aromatic rings. The molecule has 3 aromatic heterocycles. The van der Waals surface area contributed by atoms with Crippen molar-refractivity contribution in [3.63, 3.8) is 0 Å². The van der Waals surface area contributed by atoms with Gasteiger partial charge < -0.3 is 4.90 Å². The number of rotatable bonds is 1. The number of fused-ring (bicyclic) bond motifs is 6. The Morgan fingerprint density at radius 2 is 1.94 bits per heavy atom. The Kier molecular flexibility index (Phi) is 4.09. The quantitative estimate of drug-likeness (QED) is 0.610. The molecule has 0 radical (unpaired) electrons. The maximum atomic E-state index is 12.7. The van der Waals surface area contributed by atoms with E-state index in [0.29, 0.717) is 18.9 Å². The zero-order valence-electron chi connectivity index (χ0n) is 17.9. The lowest BCUT2D eigenvalue weighted by atomic mass is 10.0. The molecule has 2 aliphatic carbocycles. The molecule has 31 heavy (non-hydrogen) atoms. The highest BCUT2D eigenvalue weighted by Gasteiger charge is 2.33. The van der Waals surface area contributed by atoms with Crippen molar-refractivity contribution in [2.75, 3.05) is 7.05 Å². The van der Waals surface area contributed by atoms with Crippen LogP contribution >= 0.6 is 0 Å². The zero-order chi connectivity index (χ0) is 21.1. The number of carbonyl (C=O) groups excluding carboxylic acids is 1. The minimum absolute atomic E-state index is 0.116. The van der Waals surface area contributed by atoms with Crippen molar-refractivity contribution in [1.29, 1.82) is 0 Å². The number of aryl methyl sites for hydroxylation is 2. The fraction of sp³-hybridized carbons (Fsp3) is 0.435. The van der Waals surface area contributed by atoms with Crippen LogP contribution in [0.2, 0.25) is 0 Å². The molecule has 4 heterocycles. The molecule has 8 nitrogen and oxygen atoms in total. The molecule has 1 amide bonds. The number of amides is 1. The zero-order valence-corrected chi connectivity index (χ0v) is 17.9. The summed E-state index contributed by atoms with van der Waals surface area (Å²) in [6.45, 7) is 1.19. The fourth-order valence-electron chi connectivity index (χ4n) is 4.62. The summed E-state index contributed by atoms with van der Waals surface area (Å²) in [6.07, 6.45) is 12.6. The monoisotopic (exact) mass is 415 g/mol. The van der Waals surface area contributed by atoms with Gasteiger partial charge in [0.05, 0.1) is 41.2 Å². The van der Waals surface area contributed by atoms with E-state index in [-0.39, 0.29) is 5.91 Å². The summed E-state index contributed by atoms with van der Waals surface area (Å²) in [7, 11) is 3.74. The number of carbonyl (C=O) groups is 1. The van der Waals surface area contributed by atoms with Gasteiger partial charge in [-0.3, -0.25) is 19.1 Å². The van der Waals surface area contributed by atoms with Crippen LogP contribution in [0.25, 0.3) is 16.8 Å². The molecule has 6 rings (SSSR count). The minimum atomic E-state index is 0.116. The van der Waals surface area contributed by atoms with E-state index in [9.17, 15) is 4.79 Å². The van der Waals surface area contributed by atoms with Crippen molar-refractivity contribution in [2.45, 2.75) is 51.1 Å². The lowest BCUT2D eigenvalue weighted by Gasteiger charge is -2.17. The second-order valence-electron chi connectivity index (χ2n) is 8.85. The number of hydrogen-bond donors (Lipinski definition) is 0. The first-order valence-corrected chi connectivity index (χ1v) is 11.0. The second kappa shape index (κ2) is 6.87. The maximum Gasteiger partial charge on any atom is 0.222 e. The number of allylic oxidation sites excluding steroid dienone is 1. The Morgan fingerprint density at radius 1 is 1.06 bits per heavy atom. The first-order chi connectivity index (χ1) is 15.1. The van der Waals surface area contributed by atoms with Crippen molar-refractivity contribution < 1.29 is 4.79 Å². The molecule has 0 spiro atoms. The summed E-state index contributed by atoms with van der Waals surface area (Å²) in [4.78, 5) is 24.3. The van der Waals surface area contributed by atoms with Crippen LogP contribution in [0.4, 0.5) is 0 Å². The van der Waals surface area contributed by atoms with E-state index < -0.39 is 0 Å². The third-order valence-electron chi connectivity index (χ3n) is 6.42. The Labute approximate surface area is 180 Å². The fourth-order valence-corrected chi connectivity index (χ4v) is 4.62. The van der Waals surface area contributed by atoms with Gasteiger partial charge in [0.15, 0.2) is 0 Å². The van der Waals surface area contributed by atoms with E-state index in [4.69, 9.17) is 15.1 Å². The highest BCUT2D eigenvalue weighted by molar-refractivity contribution is 5.84. The summed E-state index contributed by atoms with van der Waals surface area (Å²) < 4.78 is 3.80. The normalized spacial score (nSPS) is 18.5. The number of aromatic nitrogens is 6. The van der Waals surface area contributed by atoms with E-state index in [1.165, 1.54) is 24.1 Å². The molecule has 0 saturated heterocycles. The highest BCUT2D eigenvalue weighted by atomic mass is 16.2. The van der Waals surface area contributed by atoms with E-state index >= 15 is 0 Å². The van der Waals surface area contributed by atoms with Crippen molar-refractivity contribution >= 4 is 11.5 Å². The molecule has 3 aliphatic rings. The maximum absolute atomic E-state index is 12.7. The van der Waals surface area contributed by atoms with Crippen LogP contribution in [-0.4, -0.2) is 47.4 Å². The van der Waals surface area contributed by atoms with Gasteiger partial charge in [-0.05, 0) is 19.3 Å². The smallest absolute Gasteiger partial charge is 0.222 e. The predicted octanol–water partition coefficient (Wildman–Crippen LogP) is 2.69. The Hall–Kier alpha value is -3.29. The molecule has 8 heteroatoms. The molecule has 0 N–H and O–H groups in total. The van der Waals surface area contributed by atoms with E-state index in [1.54, 1.807) is 9.58 Å². The lowest BCUT2D eigenvalue weighted by Crippen LogP contribution is -2.26. The molecule has 1 fully saturated rings. The van der Waals surface area contributed by atoms with Gasteiger partial charge in [0, 0.05) is 68.5 Å². The van der Waals surface area contributed by atoms with Crippen LogP contribution in [0.1, 0.15) is 59.9 Å². The van der Waals surface area contributed by atoms with Crippen LogP contribution in [0.15, 0.2) is 24.7 Å². The summed E-state index contributed by atoms with van der Waals surface area (Å²) >= 11 is 0. The van der Waals surface area contributed by atoms with Gasteiger partial charge in [-0.1, -0.05) is 6.08 Å². The SMILES string of the molecule is CN1Cc2nn(C)cc2-c2cnc3c(n2)C(=CC3)c2cn(nc2C2CC2)CCCC1=O. The largest absolute Gasteiger partial charge is 0.340 e. The summed E-state index contributed by atoms with van der Waals surface area (Å²) in [5.74, 6) is 0.652. The van der Waals surface area contributed by atoms with Crippen molar-refractivity contribution in [1.82, 2.24) is 34.4 Å². The molecule has 158 valence electrons. The second-order valence-corrected chi connectivity index (χ2v) is 8.85. The molecule has 0 aromatic carbocycles. The number of hydrogen-bond acceptors (Lipinski definition) is 5. The average molecular weight is 416 g/mol. The summed E-state index contributed by atoms with van der Waals surface area (Å²) in [5, 5.41) is 9.53. The van der Waals surface area contributed by atoms with Gasteiger partial charge in [-0.25, -0.2) is 4.98 Å². The number of nitrogens with zero attached hydrogens (tertiary/aromatic N) is 7. The van der Waals surface area contributed by atoms with Crippen molar-refractivity contribution in [3.8, 4) is 11.3 Å².